The number of thiophene rings is 1. The van der Waals surface area contributed by atoms with Crippen LogP contribution in [0.1, 0.15) is 5.69 Å². The summed E-state index contributed by atoms with van der Waals surface area (Å²) in [5.74, 6) is -0.468. The fourth-order valence-corrected chi connectivity index (χ4v) is 2.50. The number of rotatable bonds is 2. The summed E-state index contributed by atoms with van der Waals surface area (Å²) in [5, 5.41) is 1.69. The van der Waals surface area contributed by atoms with Crippen molar-refractivity contribution in [3.05, 3.63) is 62.4 Å². The molecule has 0 fully saturated rings. The molecule has 0 bridgehead atoms. The van der Waals surface area contributed by atoms with Gasteiger partial charge < -0.3 is 0 Å². The topological polar surface area (TPSA) is 80.6 Å². The monoisotopic (exact) mass is 340 g/mol. The number of H-pyrrole nitrogens is 1. The maximum absolute atomic E-state index is 13.0. The summed E-state index contributed by atoms with van der Waals surface area (Å²) in [5.41, 5.74) is -2.73. The van der Waals surface area contributed by atoms with Gasteiger partial charge in [0.2, 0.25) is 5.95 Å². The van der Waals surface area contributed by atoms with Crippen molar-refractivity contribution in [1.82, 2.24) is 19.5 Å². The Balaban J connectivity index is 2.26. The molecular formula is C13H7F3N4O2S. The third-order valence-electron chi connectivity index (χ3n) is 2.82. The third-order valence-corrected chi connectivity index (χ3v) is 3.71. The van der Waals surface area contributed by atoms with Gasteiger partial charge in [0.15, 0.2) is 5.69 Å². The first-order chi connectivity index (χ1) is 10.8. The number of hydrogen-bond acceptors (Lipinski definition) is 5. The van der Waals surface area contributed by atoms with Crippen LogP contribution >= 0.6 is 11.3 Å². The molecule has 118 valence electrons. The molecule has 0 saturated heterocycles. The SMILES string of the molecule is O=c1ccn(-c2nc(-c3cccs3)cc(C(F)(F)F)n2)c(=O)[nH]1. The quantitative estimate of drug-likeness (QED) is 0.774. The highest BCUT2D eigenvalue weighted by molar-refractivity contribution is 7.13. The van der Waals surface area contributed by atoms with E-state index in [-0.39, 0.29) is 5.69 Å². The molecule has 0 unspecified atom stereocenters. The first-order valence-corrected chi connectivity index (χ1v) is 7.05. The number of halogens is 3. The molecule has 10 heteroatoms. The van der Waals surface area contributed by atoms with Crippen molar-refractivity contribution in [2.24, 2.45) is 0 Å². The molecule has 0 aromatic carbocycles. The summed E-state index contributed by atoms with van der Waals surface area (Å²) in [6, 6.07) is 5.08. The van der Waals surface area contributed by atoms with Gasteiger partial charge in [0.05, 0.1) is 10.6 Å². The second-order valence-electron chi connectivity index (χ2n) is 4.39. The Hall–Kier alpha value is -2.75. The molecule has 0 saturated carbocycles. The molecule has 0 spiro atoms. The Morgan fingerprint density at radius 2 is 1.96 bits per heavy atom. The van der Waals surface area contributed by atoms with E-state index in [1.807, 2.05) is 4.98 Å². The highest BCUT2D eigenvalue weighted by Crippen LogP contribution is 2.31. The van der Waals surface area contributed by atoms with E-state index in [1.54, 1.807) is 17.5 Å². The van der Waals surface area contributed by atoms with Gasteiger partial charge in [-0.25, -0.2) is 19.3 Å². The van der Waals surface area contributed by atoms with E-state index in [9.17, 15) is 22.8 Å². The van der Waals surface area contributed by atoms with E-state index in [0.717, 1.165) is 22.9 Å². The van der Waals surface area contributed by atoms with Crippen LogP contribution in [-0.2, 0) is 6.18 Å². The first kappa shape index (κ1) is 15.2. The second kappa shape index (κ2) is 5.47. The van der Waals surface area contributed by atoms with Crippen LogP contribution in [0.25, 0.3) is 16.5 Å². The van der Waals surface area contributed by atoms with Gasteiger partial charge in [-0.05, 0) is 17.5 Å². The average molecular weight is 340 g/mol. The number of aromatic amines is 1. The zero-order valence-electron chi connectivity index (χ0n) is 11.2. The van der Waals surface area contributed by atoms with Gasteiger partial charge in [-0.3, -0.25) is 9.78 Å². The predicted molar refractivity (Wildman–Crippen MR) is 76.6 cm³/mol. The molecule has 23 heavy (non-hydrogen) atoms. The zero-order chi connectivity index (χ0) is 16.6. The number of hydrogen-bond donors (Lipinski definition) is 1. The average Bonchev–Trinajstić information content (AvgIpc) is 3.00. The normalized spacial score (nSPS) is 11.6. The molecule has 0 radical (unpaired) electrons. The fraction of sp³-hybridized carbons (Fsp3) is 0.0769. The van der Waals surface area contributed by atoms with Crippen molar-refractivity contribution < 1.29 is 13.2 Å². The zero-order valence-corrected chi connectivity index (χ0v) is 12.0. The Bertz CT molecular complexity index is 960. The minimum Gasteiger partial charge on any atom is -0.274 e. The first-order valence-electron chi connectivity index (χ1n) is 6.17. The molecule has 0 aliphatic rings. The van der Waals surface area contributed by atoms with Gasteiger partial charge in [-0.1, -0.05) is 6.07 Å². The van der Waals surface area contributed by atoms with E-state index < -0.39 is 29.1 Å². The summed E-state index contributed by atoms with van der Waals surface area (Å²) in [7, 11) is 0. The van der Waals surface area contributed by atoms with Crippen LogP contribution in [0.4, 0.5) is 13.2 Å². The van der Waals surface area contributed by atoms with E-state index in [4.69, 9.17) is 0 Å². The Morgan fingerprint density at radius 1 is 1.17 bits per heavy atom. The van der Waals surface area contributed by atoms with Crippen LogP contribution in [0.15, 0.2) is 45.4 Å². The number of nitrogens with one attached hydrogen (secondary N) is 1. The van der Waals surface area contributed by atoms with Crippen molar-refractivity contribution >= 4 is 11.3 Å². The van der Waals surface area contributed by atoms with Crippen molar-refractivity contribution in [2.45, 2.75) is 6.18 Å². The highest BCUT2D eigenvalue weighted by atomic mass is 32.1. The van der Waals surface area contributed by atoms with E-state index in [1.165, 1.54) is 11.3 Å². The van der Waals surface area contributed by atoms with Crippen LogP contribution in [0.2, 0.25) is 0 Å². The summed E-state index contributed by atoms with van der Waals surface area (Å²) in [6.07, 6.45) is -3.68. The maximum atomic E-state index is 13.0. The van der Waals surface area contributed by atoms with E-state index >= 15 is 0 Å². The largest absolute Gasteiger partial charge is 0.433 e. The molecule has 1 N–H and O–H groups in total. The van der Waals surface area contributed by atoms with Crippen LogP contribution in [0.5, 0.6) is 0 Å². The fourth-order valence-electron chi connectivity index (χ4n) is 1.81. The number of alkyl halides is 3. The van der Waals surface area contributed by atoms with Crippen molar-refractivity contribution in [3.8, 4) is 16.5 Å². The molecule has 6 nitrogen and oxygen atoms in total. The molecule has 0 aliphatic heterocycles. The Kier molecular flexibility index (Phi) is 3.60. The molecular weight excluding hydrogens is 333 g/mol. The minimum absolute atomic E-state index is 0.0374. The number of nitrogens with zero attached hydrogens (tertiary/aromatic N) is 3. The predicted octanol–water partition coefficient (Wildman–Crippen LogP) is 2.06. The lowest BCUT2D eigenvalue weighted by Crippen LogP contribution is -2.29. The maximum Gasteiger partial charge on any atom is 0.433 e. The molecule has 3 aromatic rings. The van der Waals surface area contributed by atoms with Gasteiger partial charge >= 0.3 is 11.9 Å². The molecule has 0 atom stereocenters. The Morgan fingerprint density at radius 3 is 2.57 bits per heavy atom. The van der Waals surface area contributed by atoms with Crippen LogP contribution in [-0.4, -0.2) is 19.5 Å². The molecule has 3 aromatic heterocycles. The van der Waals surface area contributed by atoms with Crippen molar-refractivity contribution in [2.75, 3.05) is 0 Å². The minimum atomic E-state index is -4.70. The van der Waals surface area contributed by atoms with Gasteiger partial charge in [0, 0.05) is 12.3 Å². The lowest BCUT2D eigenvalue weighted by molar-refractivity contribution is -0.141. The standard InChI is InChI=1S/C13H7F3N4O2S/c14-13(15,16)9-6-7(8-2-1-5-23-8)17-11(18-9)20-4-3-10(21)19-12(20)22/h1-6H,(H,19,21,22). The van der Waals surface area contributed by atoms with Crippen molar-refractivity contribution in [1.29, 1.82) is 0 Å². The van der Waals surface area contributed by atoms with Crippen LogP contribution in [0, 0.1) is 0 Å². The number of aromatic nitrogens is 4. The van der Waals surface area contributed by atoms with Crippen molar-refractivity contribution in [3.63, 3.8) is 0 Å². The molecule has 0 aliphatic carbocycles. The van der Waals surface area contributed by atoms with Gasteiger partial charge in [0.1, 0.15) is 0 Å². The van der Waals surface area contributed by atoms with E-state index in [0.29, 0.717) is 4.88 Å². The molecule has 3 rings (SSSR count). The summed E-state index contributed by atoms with van der Waals surface area (Å²) < 4.78 is 39.9. The van der Waals surface area contributed by atoms with Crippen LogP contribution in [0.3, 0.4) is 0 Å². The van der Waals surface area contributed by atoms with Gasteiger partial charge in [-0.15, -0.1) is 11.3 Å². The van der Waals surface area contributed by atoms with E-state index in [2.05, 4.69) is 9.97 Å². The molecule has 0 amide bonds. The van der Waals surface area contributed by atoms with Crippen LogP contribution < -0.4 is 11.2 Å². The summed E-state index contributed by atoms with van der Waals surface area (Å²) >= 11 is 1.20. The van der Waals surface area contributed by atoms with Gasteiger partial charge in [-0.2, -0.15) is 13.2 Å². The lowest BCUT2D eigenvalue weighted by atomic mass is 10.3. The summed E-state index contributed by atoms with van der Waals surface area (Å²) in [6.45, 7) is 0. The summed E-state index contributed by atoms with van der Waals surface area (Å²) in [4.78, 5) is 32.6. The Labute approximate surface area is 129 Å². The second-order valence-corrected chi connectivity index (χ2v) is 5.34. The molecule has 3 heterocycles. The smallest absolute Gasteiger partial charge is 0.274 e. The van der Waals surface area contributed by atoms with Gasteiger partial charge in [0.25, 0.3) is 5.56 Å². The highest BCUT2D eigenvalue weighted by Gasteiger charge is 2.34. The lowest BCUT2D eigenvalue weighted by Gasteiger charge is -2.10. The third kappa shape index (κ3) is 3.06.